The van der Waals surface area contributed by atoms with E-state index in [2.05, 4.69) is 5.32 Å². The number of nitrogens with zero attached hydrogens (tertiary/aromatic N) is 1. The average Bonchev–Trinajstić information content (AvgIpc) is 2.81. The van der Waals surface area contributed by atoms with Crippen LogP contribution in [0.3, 0.4) is 0 Å². The van der Waals surface area contributed by atoms with Crippen molar-refractivity contribution >= 4 is 39.3 Å². The van der Waals surface area contributed by atoms with Gasteiger partial charge >= 0.3 is 0 Å². The van der Waals surface area contributed by atoms with Gasteiger partial charge < -0.3 is 5.32 Å². The molecule has 0 saturated carbocycles. The van der Waals surface area contributed by atoms with Crippen molar-refractivity contribution in [3.63, 3.8) is 0 Å². The van der Waals surface area contributed by atoms with E-state index in [-0.39, 0.29) is 28.1 Å². The summed E-state index contributed by atoms with van der Waals surface area (Å²) >= 11 is 7.77. The van der Waals surface area contributed by atoms with E-state index in [4.69, 9.17) is 11.6 Å². The number of aryl methyl sites for hydroxylation is 1. The summed E-state index contributed by atoms with van der Waals surface area (Å²) in [6, 6.07) is 17.8. The molecule has 0 fully saturated rings. The number of benzene rings is 3. The number of carbonyl (C=O) groups excluding carboxylic acids is 1. The van der Waals surface area contributed by atoms with Crippen LogP contribution in [-0.4, -0.2) is 31.4 Å². The largest absolute Gasteiger partial charge is 0.348 e. The van der Waals surface area contributed by atoms with Gasteiger partial charge in [0.05, 0.1) is 17.5 Å². The molecule has 1 N–H and O–H groups in total. The highest BCUT2D eigenvalue weighted by Gasteiger charge is 2.29. The Balaban J connectivity index is 1.86. The lowest BCUT2D eigenvalue weighted by molar-refractivity contribution is -0.122. The first kappa shape index (κ1) is 26.2. The van der Waals surface area contributed by atoms with Crippen molar-refractivity contribution in [1.29, 1.82) is 0 Å². The molecule has 0 aliphatic rings. The minimum Gasteiger partial charge on any atom is -0.348 e. The van der Waals surface area contributed by atoms with E-state index in [9.17, 15) is 17.6 Å². The maximum atomic E-state index is 14.5. The molecule has 34 heavy (non-hydrogen) atoms. The third-order valence-corrected chi connectivity index (χ3v) is 8.27. The highest BCUT2D eigenvalue weighted by Crippen LogP contribution is 2.25. The van der Waals surface area contributed by atoms with Gasteiger partial charge in [-0.3, -0.25) is 4.79 Å². The van der Waals surface area contributed by atoms with E-state index in [0.717, 1.165) is 20.3 Å². The summed E-state index contributed by atoms with van der Waals surface area (Å²) in [5.41, 5.74) is 1.78. The monoisotopic (exact) mass is 520 g/mol. The SMILES string of the molecule is CSc1ccc([C@H](C)NC(=O)CN(Cc2c(F)cccc2Cl)S(=O)(=O)c2ccc(C)cc2)cc1. The molecular weight excluding hydrogens is 495 g/mol. The van der Waals surface area contributed by atoms with Gasteiger partial charge in [-0.2, -0.15) is 4.31 Å². The molecule has 5 nitrogen and oxygen atoms in total. The fourth-order valence-corrected chi connectivity index (χ4v) is 5.36. The Labute approximate surface area is 209 Å². The number of amides is 1. The Hall–Kier alpha value is -2.39. The number of halogens is 2. The summed E-state index contributed by atoms with van der Waals surface area (Å²) in [6.45, 7) is 2.78. The standard InChI is InChI=1S/C25H26ClFN2O3S2/c1-17-7-13-21(14-8-17)34(31,32)29(15-22-23(26)5-4-6-24(22)27)16-25(30)28-18(2)19-9-11-20(33-3)12-10-19/h4-14,18H,15-16H2,1-3H3,(H,28,30)/t18-/m0/s1. The molecule has 0 aromatic heterocycles. The van der Waals surface area contributed by atoms with Crippen molar-refractivity contribution in [1.82, 2.24) is 9.62 Å². The predicted octanol–water partition coefficient (Wildman–Crippen LogP) is 5.58. The molecule has 0 radical (unpaired) electrons. The summed E-state index contributed by atoms with van der Waals surface area (Å²) in [4.78, 5) is 14.0. The molecule has 0 aliphatic heterocycles. The van der Waals surface area contributed by atoms with Crippen molar-refractivity contribution in [3.05, 3.63) is 94.3 Å². The summed E-state index contributed by atoms with van der Waals surface area (Å²) in [7, 11) is -4.11. The smallest absolute Gasteiger partial charge is 0.243 e. The molecule has 0 aliphatic carbocycles. The minimum absolute atomic E-state index is 0.00774. The fraction of sp³-hybridized carbons (Fsp3) is 0.240. The predicted molar refractivity (Wildman–Crippen MR) is 135 cm³/mol. The molecular formula is C25H26ClFN2O3S2. The lowest BCUT2D eigenvalue weighted by Gasteiger charge is -2.24. The second kappa shape index (κ2) is 11.4. The van der Waals surface area contributed by atoms with Crippen molar-refractivity contribution in [2.75, 3.05) is 12.8 Å². The van der Waals surface area contributed by atoms with Crippen LogP contribution in [0.1, 0.15) is 29.7 Å². The lowest BCUT2D eigenvalue weighted by atomic mass is 10.1. The van der Waals surface area contributed by atoms with Crippen LogP contribution in [0.2, 0.25) is 5.02 Å². The Bertz CT molecular complexity index is 1230. The van der Waals surface area contributed by atoms with E-state index in [1.165, 1.54) is 30.3 Å². The second-order valence-electron chi connectivity index (χ2n) is 7.85. The molecule has 0 unspecified atom stereocenters. The number of hydrogen-bond acceptors (Lipinski definition) is 4. The number of carbonyl (C=O) groups is 1. The average molecular weight is 521 g/mol. The quantitative estimate of drug-likeness (QED) is 0.374. The molecule has 180 valence electrons. The van der Waals surface area contributed by atoms with Crippen LogP contribution in [0.5, 0.6) is 0 Å². The highest BCUT2D eigenvalue weighted by atomic mass is 35.5. The van der Waals surface area contributed by atoms with Gasteiger partial charge in [0.15, 0.2) is 0 Å². The third-order valence-electron chi connectivity index (χ3n) is 5.37. The zero-order chi connectivity index (χ0) is 24.9. The highest BCUT2D eigenvalue weighted by molar-refractivity contribution is 7.98. The van der Waals surface area contributed by atoms with Crippen molar-refractivity contribution in [3.8, 4) is 0 Å². The van der Waals surface area contributed by atoms with E-state index in [0.29, 0.717) is 0 Å². The second-order valence-corrected chi connectivity index (χ2v) is 11.1. The zero-order valence-electron chi connectivity index (χ0n) is 19.1. The number of hydrogen-bond donors (Lipinski definition) is 1. The van der Waals surface area contributed by atoms with Crippen LogP contribution in [0.25, 0.3) is 0 Å². The molecule has 3 rings (SSSR count). The van der Waals surface area contributed by atoms with Crippen LogP contribution in [0, 0.1) is 12.7 Å². The van der Waals surface area contributed by atoms with Crippen LogP contribution >= 0.6 is 23.4 Å². The van der Waals surface area contributed by atoms with Crippen LogP contribution < -0.4 is 5.32 Å². The van der Waals surface area contributed by atoms with Crippen LogP contribution in [-0.2, 0) is 21.4 Å². The van der Waals surface area contributed by atoms with E-state index in [1.807, 2.05) is 44.4 Å². The molecule has 0 saturated heterocycles. The van der Waals surface area contributed by atoms with Gasteiger partial charge in [0.2, 0.25) is 15.9 Å². The Morgan fingerprint density at radius 2 is 1.74 bits per heavy atom. The van der Waals surface area contributed by atoms with E-state index in [1.54, 1.807) is 23.9 Å². The maximum absolute atomic E-state index is 14.5. The van der Waals surface area contributed by atoms with Gasteiger partial charge in [-0.15, -0.1) is 11.8 Å². The molecule has 0 spiro atoms. The van der Waals surface area contributed by atoms with E-state index >= 15 is 0 Å². The minimum atomic E-state index is -4.11. The van der Waals surface area contributed by atoms with Crippen molar-refractivity contribution in [2.45, 2.75) is 36.2 Å². The fourth-order valence-electron chi connectivity index (χ4n) is 3.37. The van der Waals surface area contributed by atoms with E-state index < -0.39 is 28.3 Å². The molecule has 1 atom stereocenters. The number of thioether (sulfide) groups is 1. The number of rotatable bonds is 9. The zero-order valence-corrected chi connectivity index (χ0v) is 21.5. The van der Waals surface area contributed by atoms with Crippen molar-refractivity contribution in [2.24, 2.45) is 0 Å². The maximum Gasteiger partial charge on any atom is 0.243 e. The molecule has 3 aromatic carbocycles. The lowest BCUT2D eigenvalue weighted by Crippen LogP contribution is -2.41. The summed E-state index contributed by atoms with van der Waals surface area (Å²) in [5, 5.41) is 2.92. The van der Waals surface area contributed by atoms with Gasteiger partial charge in [0.25, 0.3) is 0 Å². The topological polar surface area (TPSA) is 66.5 Å². The van der Waals surface area contributed by atoms with Gasteiger partial charge in [-0.05, 0) is 62.1 Å². The first-order valence-corrected chi connectivity index (χ1v) is 13.6. The first-order valence-electron chi connectivity index (χ1n) is 10.5. The van der Waals surface area contributed by atoms with Gasteiger partial charge in [0.1, 0.15) is 5.82 Å². The molecule has 9 heteroatoms. The number of sulfonamides is 1. The number of nitrogens with one attached hydrogen (secondary N) is 1. The Kier molecular flexibility index (Phi) is 8.76. The molecule has 0 heterocycles. The van der Waals surface area contributed by atoms with Gasteiger partial charge in [-0.1, -0.05) is 47.5 Å². The first-order chi connectivity index (χ1) is 16.1. The molecule has 1 amide bonds. The summed E-state index contributed by atoms with van der Waals surface area (Å²) < 4.78 is 42.2. The summed E-state index contributed by atoms with van der Waals surface area (Å²) in [6.07, 6.45) is 1.98. The molecule has 0 bridgehead atoms. The molecule has 3 aromatic rings. The normalized spacial score (nSPS) is 12.5. The van der Waals surface area contributed by atoms with Crippen LogP contribution in [0.15, 0.2) is 76.5 Å². The van der Waals surface area contributed by atoms with Gasteiger partial charge in [0, 0.05) is 22.0 Å². The Morgan fingerprint density at radius 3 is 2.32 bits per heavy atom. The third kappa shape index (κ3) is 6.39. The Morgan fingerprint density at radius 1 is 1.09 bits per heavy atom. The van der Waals surface area contributed by atoms with Gasteiger partial charge in [-0.25, -0.2) is 12.8 Å². The van der Waals surface area contributed by atoms with Crippen LogP contribution in [0.4, 0.5) is 4.39 Å². The van der Waals surface area contributed by atoms with Crippen molar-refractivity contribution < 1.29 is 17.6 Å². The summed E-state index contributed by atoms with van der Waals surface area (Å²) in [5.74, 6) is -1.15.